The summed E-state index contributed by atoms with van der Waals surface area (Å²) in [5.74, 6) is 0.629. The fourth-order valence-corrected chi connectivity index (χ4v) is 1.40. The number of rotatable bonds is 3. The molecule has 0 aliphatic heterocycles. The molecule has 0 saturated heterocycles. The van der Waals surface area contributed by atoms with Gasteiger partial charge in [0.25, 0.3) is 0 Å². The minimum Gasteiger partial charge on any atom is -0.370 e. The topological polar surface area (TPSA) is 61.9 Å². The van der Waals surface area contributed by atoms with Crippen molar-refractivity contribution in [2.24, 2.45) is 17.1 Å². The highest BCUT2D eigenvalue weighted by Crippen LogP contribution is 2.23. The first-order valence-corrected chi connectivity index (χ1v) is 4.39. The Bertz CT molecular complexity index is 146. The van der Waals surface area contributed by atoms with Gasteiger partial charge in [0.1, 0.15) is 0 Å². The quantitative estimate of drug-likeness (QED) is 0.445. The molecular weight excluding hydrogens is 150 g/mol. The number of nitrogens with one attached hydrogen (secondary N) is 2. The molecule has 0 aliphatic carbocycles. The van der Waals surface area contributed by atoms with E-state index in [4.69, 9.17) is 11.1 Å². The van der Waals surface area contributed by atoms with Gasteiger partial charge in [-0.25, -0.2) is 0 Å². The van der Waals surface area contributed by atoms with Crippen LogP contribution in [0.4, 0.5) is 0 Å². The summed E-state index contributed by atoms with van der Waals surface area (Å²) in [5.41, 5.74) is 5.54. The van der Waals surface area contributed by atoms with Crippen LogP contribution >= 0.6 is 0 Å². The highest BCUT2D eigenvalue weighted by Gasteiger charge is 2.14. The van der Waals surface area contributed by atoms with E-state index < -0.39 is 0 Å². The van der Waals surface area contributed by atoms with Crippen LogP contribution < -0.4 is 11.1 Å². The lowest BCUT2D eigenvalue weighted by molar-refractivity contribution is 0.306. The molecule has 0 aromatic carbocycles. The molecule has 0 aromatic rings. The Labute approximate surface area is 75.2 Å². The summed E-state index contributed by atoms with van der Waals surface area (Å²) in [5, 5.41) is 9.81. The second kappa shape index (κ2) is 4.33. The molecule has 0 saturated carbocycles. The Kier molecular flexibility index (Phi) is 4.07. The Morgan fingerprint density at radius 3 is 2.33 bits per heavy atom. The van der Waals surface area contributed by atoms with E-state index in [0.29, 0.717) is 11.3 Å². The summed E-state index contributed by atoms with van der Waals surface area (Å²) in [6.07, 6.45) is 1.15. The summed E-state index contributed by atoms with van der Waals surface area (Å²) in [6, 6.07) is 0. The lowest BCUT2D eigenvalue weighted by Gasteiger charge is -2.23. The highest BCUT2D eigenvalue weighted by atomic mass is 15.0. The molecule has 0 heterocycles. The van der Waals surface area contributed by atoms with Crippen LogP contribution in [0, 0.1) is 16.7 Å². The van der Waals surface area contributed by atoms with Crippen molar-refractivity contribution in [3.63, 3.8) is 0 Å². The van der Waals surface area contributed by atoms with Crippen molar-refractivity contribution < 1.29 is 0 Å². The number of hydrogen-bond acceptors (Lipinski definition) is 1. The average molecular weight is 171 g/mol. The minimum atomic E-state index is 0.0655. The molecule has 0 amide bonds. The van der Waals surface area contributed by atoms with E-state index in [2.05, 4.69) is 33.0 Å². The van der Waals surface area contributed by atoms with Gasteiger partial charge in [0, 0.05) is 6.54 Å². The van der Waals surface area contributed by atoms with Crippen molar-refractivity contribution in [2.75, 3.05) is 6.54 Å². The molecule has 1 unspecified atom stereocenters. The number of guanidine groups is 1. The van der Waals surface area contributed by atoms with Crippen molar-refractivity contribution in [3.05, 3.63) is 0 Å². The monoisotopic (exact) mass is 171 g/mol. The van der Waals surface area contributed by atoms with Crippen LogP contribution in [-0.4, -0.2) is 12.5 Å². The lowest BCUT2D eigenvalue weighted by atomic mass is 9.85. The van der Waals surface area contributed by atoms with Gasteiger partial charge in [-0.05, 0) is 17.8 Å². The zero-order valence-electron chi connectivity index (χ0n) is 8.57. The Balaban J connectivity index is 3.60. The van der Waals surface area contributed by atoms with Crippen LogP contribution in [-0.2, 0) is 0 Å². The number of hydrogen-bond donors (Lipinski definition) is 3. The first-order valence-electron chi connectivity index (χ1n) is 4.39. The Morgan fingerprint density at radius 2 is 2.00 bits per heavy atom. The summed E-state index contributed by atoms with van der Waals surface area (Å²) in [4.78, 5) is 0. The Hall–Kier alpha value is -0.730. The number of nitrogens with two attached hydrogens (primary N) is 1. The predicted molar refractivity (Wildman–Crippen MR) is 53.2 cm³/mol. The van der Waals surface area contributed by atoms with E-state index in [1.54, 1.807) is 0 Å². The van der Waals surface area contributed by atoms with Gasteiger partial charge in [-0.15, -0.1) is 0 Å². The van der Waals surface area contributed by atoms with Crippen LogP contribution in [0.15, 0.2) is 0 Å². The van der Waals surface area contributed by atoms with Crippen molar-refractivity contribution in [2.45, 2.75) is 34.1 Å². The van der Waals surface area contributed by atoms with E-state index in [0.717, 1.165) is 13.0 Å². The van der Waals surface area contributed by atoms with E-state index in [9.17, 15) is 0 Å². The van der Waals surface area contributed by atoms with Crippen molar-refractivity contribution in [1.29, 1.82) is 5.41 Å². The highest BCUT2D eigenvalue weighted by molar-refractivity contribution is 5.74. The summed E-state index contributed by atoms with van der Waals surface area (Å²) < 4.78 is 0. The largest absolute Gasteiger partial charge is 0.370 e. The van der Waals surface area contributed by atoms with E-state index in [1.165, 1.54) is 0 Å². The third-order valence-corrected chi connectivity index (χ3v) is 1.60. The molecule has 3 heteroatoms. The zero-order chi connectivity index (χ0) is 9.78. The van der Waals surface area contributed by atoms with Crippen LogP contribution in [0.2, 0.25) is 0 Å². The van der Waals surface area contributed by atoms with Crippen LogP contribution in [0.25, 0.3) is 0 Å². The zero-order valence-corrected chi connectivity index (χ0v) is 8.57. The molecule has 4 N–H and O–H groups in total. The molecular formula is C9H21N3. The van der Waals surface area contributed by atoms with E-state index in [1.807, 2.05) is 0 Å². The standard InChI is InChI=1S/C9H21N3/c1-7(5-9(2,3)4)6-12-8(10)11/h7H,5-6H2,1-4H3,(H4,10,11,12). The van der Waals surface area contributed by atoms with Crippen molar-refractivity contribution >= 4 is 5.96 Å². The van der Waals surface area contributed by atoms with Gasteiger partial charge in [0.05, 0.1) is 0 Å². The van der Waals surface area contributed by atoms with Crippen LogP contribution in [0.1, 0.15) is 34.1 Å². The average Bonchev–Trinajstić information content (AvgIpc) is 1.79. The van der Waals surface area contributed by atoms with Gasteiger partial charge in [0.2, 0.25) is 0 Å². The fourth-order valence-electron chi connectivity index (χ4n) is 1.40. The van der Waals surface area contributed by atoms with Gasteiger partial charge in [-0.1, -0.05) is 27.7 Å². The molecule has 1 atom stereocenters. The third kappa shape index (κ3) is 7.38. The van der Waals surface area contributed by atoms with Gasteiger partial charge in [-0.3, -0.25) is 5.41 Å². The lowest BCUT2D eigenvalue weighted by Crippen LogP contribution is -2.34. The predicted octanol–water partition coefficient (Wildman–Crippen LogP) is 1.54. The van der Waals surface area contributed by atoms with Gasteiger partial charge in [-0.2, -0.15) is 0 Å². The van der Waals surface area contributed by atoms with Crippen molar-refractivity contribution in [3.8, 4) is 0 Å². The molecule has 0 aromatic heterocycles. The van der Waals surface area contributed by atoms with Gasteiger partial charge < -0.3 is 11.1 Å². The summed E-state index contributed by atoms with van der Waals surface area (Å²) in [7, 11) is 0. The fraction of sp³-hybridized carbons (Fsp3) is 0.889. The second-order valence-corrected chi connectivity index (χ2v) is 4.66. The smallest absolute Gasteiger partial charge is 0.185 e. The van der Waals surface area contributed by atoms with Gasteiger partial charge >= 0.3 is 0 Å². The summed E-state index contributed by atoms with van der Waals surface area (Å²) in [6.45, 7) is 9.62. The Morgan fingerprint density at radius 1 is 1.50 bits per heavy atom. The molecule has 0 spiro atoms. The molecule has 0 bridgehead atoms. The SMILES string of the molecule is CC(CNC(=N)N)CC(C)(C)C. The first kappa shape index (κ1) is 11.3. The maximum Gasteiger partial charge on any atom is 0.185 e. The molecule has 0 rings (SSSR count). The normalized spacial score (nSPS) is 14.0. The van der Waals surface area contributed by atoms with Gasteiger partial charge in [0.15, 0.2) is 5.96 Å². The molecule has 3 nitrogen and oxygen atoms in total. The second-order valence-electron chi connectivity index (χ2n) is 4.66. The van der Waals surface area contributed by atoms with Crippen LogP contribution in [0.5, 0.6) is 0 Å². The van der Waals surface area contributed by atoms with E-state index in [-0.39, 0.29) is 5.96 Å². The third-order valence-electron chi connectivity index (χ3n) is 1.60. The maximum atomic E-state index is 6.99. The molecule has 0 fully saturated rings. The molecule has 72 valence electrons. The molecule has 0 aliphatic rings. The van der Waals surface area contributed by atoms with E-state index >= 15 is 0 Å². The minimum absolute atomic E-state index is 0.0655. The molecule has 12 heavy (non-hydrogen) atoms. The van der Waals surface area contributed by atoms with Crippen LogP contribution in [0.3, 0.4) is 0 Å². The summed E-state index contributed by atoms with van der Waals surface area (Å²) >= 11 is 0. The van der Waals surface area contributed by atoms with Crippen molar-refractivity contribution in [1.82, 2.24) is 5.32 Å². The molecule has 0 radical (unpaired) electrons. The maximum absolute atomic E-state index is 6.99. The first-order chi connectivity index (χ1) is 5.31.